The summed E-state index contributed by atoms with van der Waals surface area (Å²) in [4.78, 5) is 18.0. The van der Waals surface area contributed by atoms with Gasteiger partial charge in [-0.25, -0.2) is 4.98 Å². The molecule has 1 amide bonds. The van der Waals surface area contributed by atoms with Gasteiger partial charge in [0.1, 0.15) is 23.0 Å². The number of nitrogens with zero attached hydrogens (tertiary/aromatic N) is 6. The van der Waals surface area contributed by atoms with Crippen LogP contribution in [0.2, 0.25) is 0 Å². The molecule has 0 saturated carbocycles. The van der Waals surface area contributed by atoms with Crippen molar-refractivity contribution in [2.75, 3.05) is 48.1 Å². The zero-order valence-corrected chi connectivity index (χ0v) is 17.4. The molecular weight excluding hydrogens is 408 g/mol. The molecule has 3 N–H and O–H groups in total. The predicted octanol–water partition coefficient (Wildman–Crippen LogP) is 0.505. The third kappa shape index (κ3) is 4.62. The predicted molar refractivity (Wildman–Crippen MR) is 107 cm³/mol. The fourth-order valence-corrected chi connectivity index (χ4v) is 3.80. The number of hydrogen-bond acceptors (Lipinski definition) is 10. The molecule has 3 heterocycles. The topological polar surface area (TPSA) is 158 Å². The first-order valence-corrected chi connectivity index (χ1v) is 10.2. The number of morpholine rings is 1. The van der Waals surface area contributed by atoms with Crippen molar-refractivity contribution in [1.29, 1.82) is 10.5 Å². The second-order valence-corrected chi connectivity index (χ2v) is 7.70. The lowest BCUT2D eigenvalue weighted by molar-refractivity contribution is -0.759. The first kappa shape index (κ1) is 21.4. The molecule has 12 heteroatoms. The van der Waals surface area contributed by atoms with E-state index in [1.165, 1.54) is 4.79 Å². The van der Waals surface area contributed by atoms with Crippen LogP contribution in [0.15, 0.2) is 15.7 Å². The third-order valence-corrected chi connectivity index (χ3v) is 5.34. The summed E-state index contributed by atoms with van der Waals surface area (Å²) in [5, 5.41) is 27.7. The molecule has 0 radical (unpaired) electrons. The third-order valence-electron chi connectivity index (χ3n) is 4.37. The molecule has 1 aliphatic rings. The molecule has 1 saturated heterocycles. The molecule has 2 aromatic heterocycles. The van der Waals surface area contributed by atoms with E-state index in [1.807, 2.05) is 24.9 Å². The maximum absolute atomic E-state index is 12.3. The maximum Gasteiger partial charge on any atom is 0.305 e. The van der Waals surface area contributed by atoms with E-state index in [9.17, 15) is 15.3 Å². The second-order valence-electron chi connectivity index (χ2n) is 6.73. The summed E-state index contributed by atoms with van der Waals surface area (Å²) >= 11 is 1.07. The van der Waals surface area contributed by atoms with Crippen molar-refractivity contribution >= 4 is 29.4 Å². The monoisotopic (exact) mass is 429 g/mol. The van der Waals surface area contributed by atoms with Crippen molar-refractivity contribution < 1.29 is 18.8 Å². The maximum atomic E-state index is 12.3. The highest BCUT2D eigenvalue weighted by molar-refractivity contribution is 8.00. The van der Waals surface area contributed by atoms with Gasteiger partial charge >= 0.3 is 5.88 Å². The lowest BCUT2D eigenvalue weighted by atomic mass is 9.94. The zero-order valence-electron chi connectivity index (χ0n) is 16.6. The van der Waals surface area contributed by atoms with Gasteiger partial charge in [-0.1, -0.05) is 25.6 Å². The SMILES string of the molecule is CC(C)c1c(C#N)c(N)nc(SCC(=O)Nc2c[n+](N3CCOCC3)no2)c1C#N. The lowest BCUT2D eigenvalue weighted by Crippen LogP contribution is -2.62. The molecule has 11 nitrogen and oxygen atoms in total. The molecule has 156 valence electrons. The summed E-state index contributed by atoms with van der Waals surface area (Å²) < 4.78 is 10.4. The molecule has 0 bridgehead atoms. The van der Waals surface area contributed by atoms with Crippen LogP contribution >= 0.6 is 11.8 Å². The van der Waals surface area contributed by atoms with Crippen LogP contribution < -0.4 is 20.9 Å². The fourth-order valence-electron chi connectivity index (χ4n) is 3.00. The molecule has 1 aliphatic heterocycles. The summed E-state index contributed by atoms with van der Waals surface area (Å²) in [6.07, 6.45) is 1.57. The molecule has 0 atom stereocenters. The smallest absolute Gasteiger partial charge is 0.305 e. The van der Waals surface area contributed by atoms with Crippen LogP contribution in [-0.2, 0) is 9.53 Å². The Morgan fingerprint density at radius 1 is 1.37 bits per heavy atom. The number of nitrogen functional groups attached to an aromatic ring is 1. The van der Waals surface area contributed by atoms with Gasteiger partial charge in [-0.05, 0) is 11.5 Å². The van der Waals surface area contributed by atoms with E-state index in [1.54, 1.807) is 6.20 Å². The van der Waals surface area contributed by atoms with E-state index in [4.69, 9.17) is 15.0 Å². The van der Waals surface area contributed by atoms with Crippen molar-refractivity contribution in [2.24, 2.45) is 0 Å². The number of ether oxygens (including phenoxy) is 1. The number of amides is 1. The van der Waals surface area contributed by atoms with Gasteiger partial charge in [0.15, 0.2) is 0 Å². The number of rotatable bonds is 6. The van der Waals surface area contributed by atoms with Gasteiger partial charge in [0, 0.05) is 0 Å². The number of thioether (sulfide) groups is 1. The number of anilines is 2. The number of hydrogen-bond donors (Lipinski definition) is 2. The molecule has 0 unspecified atom stereocenters. The summed E-state index contributed by atoms with van der Waals surface area (Å²) in [5.41, 5.74) is 6.90. The molecule has 0 aromatic carbocycles. The summed E-state index contributed by atoms with van der Waals surface area (Å²) in [6, 6.07) is 4.10. The Kier molecular flexibility index (Phi) is 6.72. The second kappa shape index (κ2) is 9.43. The van der Waals surface area contributed by atoms with Gasteiger partial charge in [-0.2, -0.15) is 10.5 Å². The van der Waals surface area contributed by atoms with Crippen LogP contribution in [0.5, 0.6) is 0 Å². The van der Waals surface area contributed by atoms with E-state index in [-0.39, 0.29) is 40.4 Å². The Morgan fingerprint density at radius 3 is 2.70 bits per heavy atom. The molecule has 1 fully saturated rings. The summed E-state index contributed by atoms with van der Waals surface area (Å²) in [6.45, 7) is 6.26. The quantitative estimate of drug-likeness (QED) is 0.489. The number of pyridine rings is 1. The molecule has 0 spiro atoms. The Bertz CT molecular complexity index is 1020. The Balaban J connectivity index is 1.68. The first-order valence-electron chi connectivity index (χ1n) is 9.22. The van der Waals surface area contributed by atoms with Gasteiger partial charge in [0.05, 0.1) is 48.0 Å². The minimum atomic E-state index is -0.356. The lowest BCUT2D eigenvalue weighted by Gasteiger charge is -2.18. The molecule has 30 heavy (non-hydrogen) atoms. The van der Waals surface area contributed by atoms with Crippen LogP contribution in [0, 0.1) is 22.7 Å². The molecule has 0 aliphatic carbocycles. The average molecular weight is 429 g/mol. The van der Waals surface area contributed by atoms with Crippen LogP contribution in [0.1, 0.15) is 36.5 Å². The van der Waals surface area contributed by atoms with Crippen molar-refractivity contribution in [2.45, 2.75) is 24.8 Å². The van der Waals surface area contributed by atoms with E-state index >= 15 is 0 Å². The van der Waals surface area contributed by atoms with Crippen molar-refractivity contribution in [3.63, 3.8) is 0 Å². The fraction of sp³-hybridized carbons (Fsp3) is 0.444. The first-order chi connectivity index (χ1) is 14.4. The van der Waals surface area contributed by atoms with Crippen molar-refractivity contribution in [3.05, 3.63) is 22.9 Å². The van der Waals surface area contributed by atoms with Gasteiger partial charge in [-0.15, -0.1) is 5.01 Å². The number of carbonyl (C=O) groups is 1. The van der Waals surface area contributed by atoms with E-state index < -0.39 is 0 Å². The molecular formula is C18H21N8O3S+. The van der Waals surface area contributed by atoms with Gasteiger partial charge in [0.2, 0.25) is 11.2 Å². The van der Waals surface area contributed by atoms with Crippen LogP contribution in [0.4, 0.5) is 11.7 Å². The average Bonchev–Trinajstić information content (AvgIpc) is 3.20. The summed E-state index contributed by atoms with van der Waals surface area (Å²) in [5.74, 6) is -0.238. The largest absolute Gasteiger partial charge is 0.383 e. The zero-order chi connectivity index (χ0) is 21.7. The van der Waals surface area contributed by atoms with Crippen molar-refractivity contribution in [3.8, 4) is 12.1 Å². The van der Waals surface area contributed by atoms with Crippen LogP contribution in [-0.4, -0.2) is 48.2 Å². The Labute approximate surface area is 177 Å². The van der Waals surface area contributed by atoms with E-state index in [0.29, 0.717) is 36.9 Å². The number of aromatic nitrogens is 3. The normalized spacial score (nSPS) is 13.7. The van der Waals surface area contributed by atoms with Gasteiger partial charge in [0.25, 0.3) is 6.20 Å². The van der Waals surface area contributed by atoms with Crippen LogP contribution in [0.3, 0.4) is 0 Å². The number of nitrogens with one attached hydrogen (secondary N) is 1. The molecule has 3 rings (SSSR count). The van der Waals surface area contributed by atoms with Crippen LogP contribution in [0.25, 0.3) is 0 Å². The Morgan fingerprint density at radius 2 is 2.07 bits per heavy atom. The minimum Gasteiger partial charge on any atom is -0.383 e. The summed E-state index contributed by atoms with van der Waals surface area (Å²) in [7, 11) is 0. The van der Waals surface area contributed by atoms with E-state index in [2.05, 4.69) is 21.6 Å². The standard InChI is InChI=1S/C18H20N8O3S/c1-11(2)16-12(7-19)17(21)23-18(13(16)8-20)30-10-14(27)22-15-9-26(24-29-15)25-3-5-28-6-4-25/h9,11H,3-6,10H2,1-2H3,(H2-,21,22,23,24,27)/p+1. The highest BCUT2D eigenvalue weighted by Crippen LogP contribution is 2.32. The highest BCUT2D eigenvalue weighted by Gasteiger charge is 2.25. The van der Waals surface area contributed by atoms with Crippen molar-refractivity contribution in [1.82, 2.24) is 10.3 Å². The minimum absolute atomic E-state index is 0.0250. The van der Waals surface area contributed by atoms with Gasteiger partial charge in [-0.3, -0.25) is 14.6 Å². The molecule has 2 aromatic rings. The Hall–Kier alpha value is -3.35. The van der Waals surface area contributed by atoms with Gasteiger partial charge < -0.3 is 10.5 Å². The van der Waals surface area contributed by atoms with E-state index in [0.717, 1.165) is 11.8 Å². The number of nitrogens with two attached hydrogens (primary N) is 1. The number of nitriles is 2. The number of carbonyl (C=O) groups excluding carboxylic acids is 1. The highest BCUT2D eigenvalue weighted by atomic mass is 32.2.